The van der Waals surface area contributed by atoms with E-state index in [1.54, 1.807) is 37.8 Å². The Balaban J connectivity index is 1.49. The lowest BCUT2D eigenvalue weighted by Gasteiger charge is -2.09. The molecule has 0 bridgehead atoms. The van der Waals surface area contributed by atoms with Crippen LogP contribution in [0.1, 0.15) is 5.56 Å². The van der Waals surface area contributed by atoms with Crippen LogP contribution in [0.4, 0.5) is 10.5 Å². The molecule has 2 amide bonds. The van der Waals surface area contributed by atoms with E-state index in [-0.39, 0.29) is 6.03 Å². The second-order valence-corrected chi connectivity index (χ2v) is 5.67. The number of anilines is 1. The topological polar surface area (TPSA) is 101 Å². The lowest BCUT2D eigenvalue weighted by Crippen LogP contribution is -2.28. The van der Waals surface area contributed by atoms with Crippen LogP contribution in [0, 0.1) is 0 Å². The summed E-state index contributed by atoms with van der Waals surface area (Å²) in [6, 6.07) is 10.9. The Hall–Kier alpha value is -3.39. The number of urea groups is 1. The van der Waals surface area contributed by atoms with Gasteiger partial charge in [0, 0.05) is 37.7 Å². The number of hydrogen-bond acceptors (Lipinski definition) is 5. The molecule has 3 N–H and O–H groups in total. The standard InChI is InChI=1S/C19H21N5O3/c1-26-9-10-27-17-6-5-16(13-22-17)24-19(25)23-12-14-3-2-4-15(11-14)18-20-7-8-21-18/h2-8,11,13H,9-10,12H2,1H3,(H,20,21)(H2,23,24,25). The molecule has 140 valence electrons. The molecule has 2 aromatic heterocycles. The molecule has 0 fully saturated rings. The van der Waals surface area contributed by atoms with Crippen molar-refractivity contribution in [3.05, 3.63) is 60.6 Å². The summed E-state index contributed by atoms with van der Waals surface area (Å²) in [6.07, 6.45) is 5.02. The molecule has 8 nitrogen and oxygen atoms in total. The number of amides is 2. The molecular formula is C19H21N5O3. The fourth-order valence-electron chi connectivity index (χ4n) is 2.38. The Morgan fingerprint density at radius 1 is 1.19 bits per heavy atom. The number of nitrogens with zero attached hydrogens (tertiary/aromatic N) is 2. The Kier molecular flexibility index (Phi) is 6.37. The van der Waals surface area contributed by atoms with E-state index in [2.05, 4.69) is 25.6 Å². The molecule has 2 heterocycles. The van der Waals surface area contributed by atoms with Gasteiger partial charge < -0.3 is 25.1 Å². The minimum Gasteiger partial charge on any atom is -0.475 e. The third-order valence-corrected chi connectivity index (χ3v) is 3.68. The van der Waals surface area contributed by atoms with E-state index in [9.17, 15) is 4.79 Å². The van der Waals surface area contributed by atoms with Crippen molar-refractivity contribution in [2.24, 2.45) is 0 Å². The first-order valence-corrected chi connectivity index (χ1v) is 8.46. The molecule has 3 rings (SSSR count). The van der Waals surface area contributed by atoms with Gasteiger partial charge in [-0.2, -0.15) is 0 Å². The van der Waals surface area contributed by atoms with E-state index in [1.165, 1.54) is 0 Å². The van der Waals surface area contributed by atoms with Gasteiger partial charge in [0.05, 0.1) is 18.5 Å². The van der Waals surface area contributed by atoms with E-state index in [4.69, 9.17) is 9.47 Å². The summed E-state index contributed by atoms with van der Waals surface area (Å²) in [5, 5.41) is 5.56. The largest absolute Gasteiger partial charge is 0.475 e. The number of pyridine rings is 1. The lowest BCUT2D eigenvalue weighted by molar-refractivity contribution is 0.144. The third-order valence-electron chi connectivity index (χ3n) is 3.68. The van der Waals surface area contributed by atoms with Crippen LogP contribution in [-0.4, -0.2) is 41.3 Å². The van der Waals surface area contributed by atoms with Crippen molar-refractivity contribution < 1.29 is 14.3 Å². The number of hydrogen-bond donors (Lipinski definition) is 3. The molecule has 0 atom stereocenters. The van der Waals surface area contributed by atoms with Crippen LogP contribution in [0.25, 0.3) is 11.4 Å². The molecule has 0 radical (unpaired) electrons. The SMILES string of the molecule is COCCOc1ccc(NC(=O)NCc2cccc(-c3ncc[nH]3)c2)cn1. The summed E-state index contributed by atoms with van der Waals surface area (Å²) in [5.41, 5.74) is 2.52. The number of ether oxygens (including phenoxy) is 2. The van der Waals surface area contributed by atoms with Crippen molar-refractivity contribution in [2.45, 2.75) is 6.54 Å². The van der Waals surface area contributed by atoms with E-state index >= 15 is 0 Å². The number of nitrogens with one attached hydrogen (secondary N) is 3. The van der Waals surface area contributed by atoms with Crippen LogP contribution in [0.15, 0.2) is 55.0 Å². The molecule has 0 aliphatic heterocycles. The van der Waals surface area contributed by atoms with Crippen molar-refractivity contribution >= 4 is 11.7 Å². The number of methoxy groups -OCH3 is 1. The highest BCUT2D eigenvalue weighted by Crippen LogP contribution is 2.16. The van der Waals surface area contributed by atoms with E-state index in [0.29, 0.717) is 31.3 Å². The number of aromatic amines is 1. The van der Waals surface area contributed by atoms with Crippen molar-refractivity contribution in [1.29, 1.82) is 0 Å². The summed E-state index contributed by atoms with van der Waals surface area (Å²) >= 11 is 0. The van der Waals surface area contributed by atoms with Gasteiger partial charge in [-0.1, -0.05) is 18.2 Å². The number of rotatable bonds is 8. The summed E-state index contributed by atoms with van der Waals surface area (Å²) in [4.78, 5) is 23.5. The monoisotopic (exact) mass is 367 g/mol. The van der Waals surface area contributed by atoms with Crippen LogP contribution in [0.3, 0.4) is 0 Å². The minimum atomic E-state index is -0.312. The van der Waals surface area contributed by atoms with Gasteiger partial charge >= 0.3 is 6.03 Å². The van der Waals surface area contributed by atoms with Crippen LogP contribution in [-0.2, 0) is 11.3 Å². The zero-order chi connectivity index (χ0) is 18.9. The molecule has 3 aromatic rings. The molecule has 0 spiro atoms. The Labute approximate surface area is 157 Å². The predicted molar refractivity (Wildman–Crippen MR) is 101 cm³/mol. The number of H-pyrrole nitrogens is 1. The first-order chi connectivity index (χ1) is 13.2. The van der Waals surface area contributed by atoms with Crippen LogP contribution < -0.4 is 15.4 Å². The van der Waals surface area contributed by atoms with Gasteiger partial charge in [0.1, 0.15) is 12.4 Å². The van der Waals surface area contributed by atoms with Crippen LogP contribution in [0.5, 0.6) is 5.88 Å². The molecule has 0 unspecified atom stereocenters. The fourth-order valence-corrected chi connectivity index (χ4v) is 2.38. The highest BCUT2D eigenvalue weighted by Gasteiger charge is 2.05. The van der Waals surface area contributed by atoms with Crippen molar-refractivity contribution in [3.63, 3.8) is 0 Å². The molecule has 8 heteroatoms. The lowest BCUT2D eigenvalue weighted by atomic mass is 10.1. The van der Waals surface area contributed by atoms with Crippen molar-refractivity contribution in [3.8, 4) is 17.3 Å². The third kappa shape index (κ3) is 5.55. The molecule has 0 aliphatic rings. The summed E-state index contributed by atoms with van der Waals surface area (Å²) in [6.45, 7) is 1.31. The molecular weight excluding hydrogens is 346 g/mol. The zero-order valence-corrected chi connectivity index (χ0v) is 14.9. The summed E-state index contributed by atoms with van der Waals surface area (Å²) in [7, 11) is 1.61. The van der Waals surface area contributed by atoms with Crippen molar-refractivity contribution in [2.75, 3.05) is 25.6 Å². The Morgan fingerprint density at radius 2 is 2.11 bits per heavy atom. The van der Waals surface area contributed by atoms with Crippen LogP contribution >= 0.6 is 0 Å². The molecule has 0 saturated carbocycles. The van der Waals surface area contributed by atoms with Gasteiger partial charge in [-0.05, 0) is 17.7 Å². The average molecular weight is 367 g/mol. The highest BCUT2D eigenvalue weighted by molar-refractivity contribution is 5.89. The molecule has 27 heavy (non-hydrogen) atoms. The van der Waals surface area contributed by atoms with E-state index < -0.39 is 0 Å². The maximum absolute atomic E-state index is 12.1. The molecule has 0 saturated heterocycles. The van der Waals surface area contributed by atoms with Crippen molar-refractivity contribution in [1.82, 2.24) is 20.3 Å². The smallest absolute Gasteiger partial charge is 0.319 e. The minimum absolute atomic E-state index is 0.312. The number of carbonyl (C=O) groups is 1. The Morgan fingerprint density at radius 3 is 2.85 bits per heavy atom. The van der Waals surface area contributed by atoms with Gasteiger partial charge in [-0.25, -0.2) is 14.8 Å². The Bertz CT molecular complexity index is 850. The predicted octanol–water partition coefficient (Wildman–Crippen LogP) is 2.82. The van der Waals surface area contributed by atoms with Gasteiger partial charge in [0.2, 0.25) is 5.88 Å². The first kappa shape index (κ1) is 18.4. The van der Waals surface area contributed by atoms with Crippen LogP contribution in [0.2, 0.25) is 0 Å². The zero-order valence-electron chi connectivity index (χ0n) is 14.9. The number of aromatic nitrogens is 3. The van der Waals surface area contributed by atoms with Gasteiger partial charge in [0.25, 0.3) is 0 Å². The van der Waals surface area contributed by atoms with E-state index in [1.807, 2.05) is 24.3 Å². The van der Waals surface area contributed by atoms with Gasteiger partial charge in [-0.3, -0.25) is 0 Å². The quantitative estimate of drug-likeness (QED) is 0.532. The maximum Gasteiger partial charge on any atom is 0.319 e. The second kappa shape index (κ2) is 9.35. The highest BCUT2D eigenvalue weighted by atomic mass is 16.5. The summed E-state index contributed by atoms with van der Waals surface area (Å²) < 4.78 is 10.3. The maximum atomic E-state index is 12.1. The molecule has 0 aliphatic carbocycles. The fraction of sp³-hybridized carbons (Fsp3) is 0.211. The van der Waals surface area contributed by atoms with E-state index in [0.717, 1.165) is 17.0 Å². The number of imidazole rings is 1. The normalized spacial score (nSPS) is 10.4. The summed E-state index contributed by atoms with van der Waals surface area (Å²) in [5.74, 6) is 1.27. The number of carbonyl (C=O) groups excluding carboxylic acids is 1. The first-order valence-electron chi connectivity index (χ1n) is 8.46. The number of benzene rings is 1. The van der Waals surface area contributed by atoms with Gasteiger partial charge in [-0.15, -0.1) is 0 Å². The average Bonchev–Trinajstić information content (AvgIpc) is 3.23. The second-order valence-electron chi connectivity index (χ2n) is 5.67. The van der Waals surface area contributed by atoms with Gasteiger partial charge in [0.15, 0.2) is 0 Å². The molecule has 1 aromatic carbocycles.